The molecule has 3 aliphatic carbocycles. The second-order valence-corrected chi connectivity index (χ2v) is 8.26. The lowest BCUT2D eigenvalue weighted by molar-refractivity contribution is -0.0708. The number of phenols is 1. The average molecular weight is 333 g/mol. The fourth-order valence-electron chi connectivity index (χ4n) is 6.00. The Morgan fingerprint density at radius 3 is 2.83 bits per heavy atom. The molecule has 3 aliphatic rings. The molecule has 2 nitrogen and oxygen atoms in total. The number of benzene rings is 1. The van der Waals surface area contributed by atoms with Gasteiger partial charge in [-0.1, -0.05) is 24.6 Å². The van der Waals surface area contributed by atoms with E-state index < -0.39 is 5.60 Å². The van der Waals surface area contributed by atoms with Gasteiger partial charge in [0.1, 0.15) is 5.75 Å². The van der Waals surface area contributed by atoms with Crippen LogP contribution in [0.15, 0.2) is 29.8 Å². The Bertz CT molecular complexity index is 655. The van der Waals surface area contributed by atoms with Crippen LogP contribution in [0.4, 0.5) is 0 Å². The van der Waals surface area contributed by atoms with Crippen LogP contribution in [0.2, 0.25) is 0 Å². The lowest BCUT2D eigenvalue weighted by Crippen LogP contribution is -2.49. The van der Waals surface area contributed by atoms with Crippen LogP contribution < -0.4 is 0 Å². The summed E-state index contributed by atoms with van der Waals surface area (Å²) in [6.07, 6.45) is 8.10. The van der Waals surface area contributed by atoms with E-state index in [9.17, 15) is 10.2 Å². The third kappa shape index (κ3) is 2.11. The quantitative estimate of drug-likeness (QED) is 0.780. The Morgan fingerprint density at radius 1 is 1.22 bits per heavy atom. The molecule has 0 saturated heterocycles. The maximum Gasteiger partial charge on any atom is 0.115 e. The topological polar surface area (TPSA) is 40.5 Å². The maximum atomic E-state index is 11.2. The van der Waals surface area contributed by atoms with E-state index in [4.69, 9.17) is 11.6 Å². The number of halogens is 1. The van der Waals surface area contributed by atoms with Crippen LogP contribution in [0.1, 0.15) is 56.1 Å². The first kappa shape index (κ1) is 15.5. The molecule has 0 radical (unpaired) electrons. The summed E-state index contributed by atoms with van der Waals surface area (Å²) < 4.78 is 0. The number of hydrogen-bond donors (Lipinski definition) is 2. The molecule has 4 rings (SSSR count). The predicted octanol–water partition coefficient (Wildman–Crippen LogP) is 4.73. The molecule has 2 saturated carbocycles. The second kappa shape index (κ2) is 5.26. The van der Waals surface area contributed by atoms with Crippen molar-refractivity contribution < 1.29 is 10.2 Å². The third-order valence-corrected chi connectivity index (χ3v) is 7.39. The number of aryl methyl sites for hydroxylation is 1. The SMILES string of the molecule is C[C@]12CC[C@@H]3c4ccc(O)cc4CC[C@H]3[C@@H]1CC[C@@]2(O)/C=C\Cl. The normalized spacial score (nSPS) is 42.3. The van der Waals surface area contributed by atoms with Gasteiger partial charge in [-0.3, -0.25) is 0 Å². The van der Waals surface area contributed by atoms with E-state index in [1.165, 1.54) is 23.1 Å². The zero-order valence-electron chi connectivity index (χ0n) is 13.6. The molecular formula is C20H25ClO2. The Hall–Kier alpha value is -0.990. The molecule has 0 amide bonds. The van der Waals surface area contributed by atoms with Gasteiger partial charge in [-0.2, -0.15) is 0 Å². The lowest BCUT2D eigenvalue weighted by atomic mass is 9.53. The zero-order valence-corrected chi connectivity index (χ0v) is 14.4. The summed E-state index contributed by atoms with van der Waals surface area (Å²) in [6.45, 7) is 2.27. The fourth-order valence-corrected chi connectivity index (χ4v) is 6.21. The number of aliphatic hydroxyl groups is 1. The summed E-state index contributed by atoms with van der Waals surface area (Å²) in [4.78, 5) is 0. The van der Waals surface area contributed by atoms with Crippen LogP contribution in [0.3, 0.4) is 0 Å². The summed E-state index contributed by atoms with van der Waals surface area (Å²) in [5.41, 5.74) is 3.44. The number of aromatic hydroxyl groups is 1. The molecule has 3 heteroatoms. The van der Waals surface area contributed by atoms with Crippen molar-refractivity contribution in [3.8, 4) is 5.75 Å². The molecule has 0 aromatic heterocycles. The van der Waals surface area contributed by atoms with Gasteiger partial charge in [0.15, 0.2) is 0 Å². The molecule has 2 N–H and O–H groups in total. The van der Waals surface area contributed by atoms with Gasteiger partial charge in [-0.05, 0) is 85.6 Å². The van der Waals surface area contributed by atoms with Gasteiger partial charge in [-0.25, -0.2) is 0 Å². The Balaban J connectivity index is 1.70. The van der Waals surface area contributed by atoms with Crippen LogP contribution in [-0.2, 0) is 6.42 Å². The highest BCUT2D eigenvalue weighted by Gasteiger charge is 2.60. The summed E-state index contributed by atoms with van der Waals surface area (Å²) >= 11 is 5.82. The Labute approximate surface area is 143 Å². The van der Waals surface area contributed by atoms with Crippen molar-refractivity contribution in [2.75, 3.05) is 0 Å². The number of fused-ring (bicyclic) bond motifs is 5. The molecule has 0 aliphatic heterocycles. The van der Waals surface area contributed by atoms with Gasteiger partial charge in [0.2, 0.25) is 0 Å². The van der Waals surface area contributed by atoms with Crippen molar-refractivity contribution in [1.82, 2.24) is 0 Å². The highest BCUT2D eigenvalue weighted by Crippen LogP contribution is 2.64. The monoisotopic (exact) mass is 332 g/mol. The smallest absolute Gasteiger partial charge is 0.115 e. The van der Waals surface area contributed by atoms with Crippen molar-refractivity contribution in [3.63, 3.8) is 0 Å². The van der Waals surface area contributed by atoms with Gasteiger partial charge in [-0.15, -0.1) is 0 Å². The van der Waals surface area contributed by atoms with Crippen molar-refractivity contribution in [2.24, 2.45) is 17.3 Å². The van der Waals surface area contributed by atoms with Crippen molar-refractivity contribution >= 4 is 11.6 Å². The lowest BCUT2D eigenvalue weighted by Gasteiger charge is -2.52. The van der Waals surface area contributed by atoms with Crippen LogP contribution in [0.25, 0.3) is 0 Å². The molecule has 0 unspecified atom stereocenters. The van der Waals surface area contributed by atoms with E-state index in [-0.39, 0.29) is 5.41 Å². The molecule has 0 bridgehead atoms. The molecule has 23 heavy (non-hydrogen) atoms. The first-order chi connectivity index (χ1) is 11.0. The minimum absolute atomic E-state index is 0.0615. The molecule has 2 fully saturated rings. The molecule has 1 aromatic carbocycles. The van der Waals surface area contributed by atoms with E-state index in [0.29, 0.717) is 23.5 Å². The predicted molar refractivity (Wildman–Crippen MR) is 92.7 cm³/mol. The van der Waals surface area contributed by atoms with E-state index >= 15 is 0 Å². The highest BCUT2D eigenvalue weighted by atomic mass is 35.5. The maximum absolute atomic E-state index is 11.2. The van der Waals surface area contributed by atoms with Gasteiger partial charge in [0, 0.05) is 11.0 Å². The molecule has 0 heterocycles. The average Bonchev–Trinajstić information content (AvgIpc) is 2.79. The molecule has 124 valence electrons. The van der Waals surface area contributed by atoms with E-state index in [1.807, 2.05) is 18.2 Å². The molecule has 1 aromatic rings. The first-order valence-corrected chi connectivity index (χ1v) is 9.24. The van der Waals surface area contributed by atoms with Gasteiger partial charge >= 0.3 is 0 Å². The first-order valence-electron chi connectivity index (χ1n) is 8.80. The Kier molecular flexibility index (Phi) is 3.55. The van der Waals surface area contributed by atoms with Crippen LogP contribution >= 0.6 is 11.6 Å². The van der Waals surface area contributed by atoms with Crippen molar-refractivity contribution in [2.45, 2.75) is 57.0 Å². The zero-order chi connectivity index (χ0) is 16.2. The largest absolute Gasteiger partial charge is 0.508 e. The van der Waals surface area contributed by atoms with E-state index in [0.717, 1.165) is 32.1 Å². The fraction of sp³-hybridized carbons (Fsp3) is 0.600. The van der Waals surface area contributed by atoms with E-state index in [1.54, 1.807) is 0 Å². The van der Waals surface area contributed by atoms with Gasteiger partial charge in [0.05, 0.1) is 5.60 Å². The Morgan fingerprint density at radius 2 is 2.04 bits per heavy atom. The summed E-state index contributed by atoms with van der Waals surface area (Å²) in [5.74, 6) is 2.16. The van der Waals surface area contributed by atoms with Crippen molar-refractivity contribution in [3.05, 3.63) is 40.9 Å². The summed E-state index contributed by atoms with van der Waals surface area (Å²) in [6, 6.07) is 5.90. The minimum atomic E-state index is -0.750. The van der Waals surface area contributed by atoms with Crippen LogP contribution in [0, 0.1) is 17.3 Å². The molecule has 5 atom stereocenters. The summed E-state index contributed by atoms with van der Waals surface area (Å²) in [7, 11) is 0. The van der Waals surface area contributed by atoms with Crippen LogP contribution in [0.5, 0.6) is 5.75 Å². The number of phenolic OH excluding ortho intramolecular Hbond substituents is 1. The van der Waals surface area contributed by atoms with E-state index in [2.05, 4.69) is 13.0 Å². The highest BCUT2D eigenvalue weighted by molar-refractivity contribution is 6.25. The third-order valence-electron chi connectivity index (χ3n) is 7.26. The number of rotatable bonds is 1. The van der Waals surface area contributed by atoms with Gasteiger partial charge < -0.3 is 10.2 Å². The van der Waals surface area contributed by atoms with Crippen LogP contribution in [-0.4, -0.2) is 15.8 Å². The minimum Gasteiger partial charge on any atom is -0.508 e. The number of hydrogen-bond acceptors (Lipinski definition) is 2. The molecular weight excluding hydrogens is 308 g/mol. The standard InChI is InChI=1S/C20H25ClO2/c1-19-8-6-16-15-5-3-14(22)12-13(15)2-4-17(16)18(19)7-9-20(19,23)10-11-21/h3,5,10-12,16-18,22-23H,2,4,6-9H2,1H3/b11-10-/t16-,17-,18+,19+,20-/m1/s1. The summed E-state index contributed by atoms with van der Waals surface area (Å²) in [5, 5.41) is 20.9. The van der Waals surface area contributed by atoms with Crippen molar-refractivity contribution in [1.29, 1.82) is 0 Å². The van der Waals surface area contributed by atoms with Gasteiger partial charge in [0.25, 0.3) is 0 Å². The second-order valence-electron chi connectivity index (χ2n) is 8.01. The molecule has 0 spiro atoms.